The molecule has 0 radical (unpaired) electrons. The van der Waals surface area contributed by atoms with Gasteiger partial charge in [-0.2, -0.15) is 5.10 Å². The van der Waals surface area contributed by atoms with Crippen LogP contribution in [0.3, 0.4) is 0 Å². The van der Waals surface area contributed by atoms with Crippen molar-refractivity contribution in [2.24, 2.45) is 7.05 Å². The van der Waals surface area contributed by atoms with E-state index in [4.69, 9.17) is 9.47 Å². The van der Waals surface area contributed by atoms with Gasteiger partial charge in [-0.3, -0.25) is 0 Å². The predicted octanol–water partition coefficient (Wildman–Crippen LogP) is 0.144. The third-order valence-electron chi connectivity index (χ3n) is 2.59. The lowest BCUT2D eigenvalue weighted by molar-refractivity contribution is 0.199. The van der Waals surface area contributed by atoms with Crippen LogP contribution in [0.4, 0.5) is 0 Å². The van der Waals surface area contributed by atoms with Gasteiger partial charge < -0.3 is 20.1 Å². The van der Waals surface area contributed by atoms with E-state index in [1.807, 2.05) is 13.1 Å². The molecule has 0 spiro atoms. The van der Waals surface area contributed by atoms with Crippen molar-refractivity contribution in [3.63, 3.8) is 0 Å². The molecule has 0 aliphatic carbocycles. The molecular formula is C12H24N4O2. The quantitative estimate of drug-likeness (QED) is 0.583. The summed E-state index contributed by atoms with van der Waals surface area (Å²) in [6.45, 7) is 4.42. The summed E-state index contributed by atoms with van der Waals surface area (Å²) < 4.78 is 11.8. The van der Waals surface area contributed by atoms with Gasteiger partial charge in [0.2, 0.25) is 5.88 Å². The monoisotopic (exact) mass is 256 g/mol. The lowest BCUT2D eigenvalue weighted by Gasteiger charge is -2.04. The Morgan fingerprint density at radius 3 is 2.67 bits per heavy atom. The summed E-state index contributed by atoms with van der Waals surface area (Å²) in [4.78, 5) is 0. The zero-order valence-electron chi connectivity index (χ0n) is 11.5. The van der Waals surface area contributed by atoms with Crippen molar-refractivity contribution in [3.8, 4) is 5.88 Å². The molecule has 1 heterocycles. The van der Waals surface area contributed by atoms with Crippen LogP contribution in [-0.2, 0) is 18.3 Å². The second-order valence-electron chi connectivity index (χ2n) is 4.07. The van der Waals surface area contributed by atoms with Crippen LogP contribution in [-0.4, -0.2) is 50.2 Å². The zero-order valence-corrected chi connectivity index (χ0v) is 11.5. The van der Waals surface area contributed by atoms with Crippen molar-refractivity contribution in [2.45, 2.75) is 13.0 Å². The van der Waals surface area contributed by atoms with Crippen molar-refractivity contribution < 1.29 is 9.47 Å². The van der Waals surface area contributed by atoms with Crippen LogP contribution in [0.1, 0.15) is 12.1 Å². The molecule has 1 rings (SSSR count). The smallest absolute Gasteiger partial charge is 0.211 e. The Balaban J connectivity index is 2.03. The first-order valence-corrected chi connectivity index (χ1v) is 6.25. The average Bonchev–Trinajstić information content (AvgIpc) is 2.73. The number of hydrogen-bond acceptors (Lipinski definition) is 5. The maximum atomic E-state index is 5.16. The summed E-state index contributed by atoms with van der Waals surface area (Å²) in [5.74, 6) is 0.785. The molecule has 0 aromatic carbocycles. The first-order chi connectivity index (χ1) is 8.77. The molecule has 0 saturated heterocycles. The summed E-state index contributed by atoms with van der Waals surface area (Å²) in [5.41, 5.74) is 1.00. The molecule has 18 heavy (non-hydrogen) atoms. The van der Waals surface area contributed by atoms with Gasteiger partial charge in [-0.15, -0.1) is 0 Å². The van der Waals surface area contributed by atoms with Gasteiger partial charge in [0, 0.05) is 33.3 Å². The maximum Gasteiger partial charge on any atom is 0.211 e. The van der Waals surface area contributed by atoms with Crippen LogP contribution in [0.5, 0.6) is 5.88 Å². The molecule has 2 N–H and O–H groups in total. The van der Waals surface area contributed by atoms with Crippen LogP contribution in [0.15, 0.2) is 6.07 Å². The highest BCUT2D eigenvalue weighted by molar-refractivity contribution is 5.15. The second-order valence-corrected chi connectivity index (χ2v) is 4.07. The largest absolute Gasteiger partial charge is 0.481 e. The molecule has 0 aliphatic heterocycles. The van der Waals surface area contributed by atoms with Crippen LogP contribution in [0, 0.1) is 0 Å². The van der Waals surface area contributed by atoms with Crippen LogP contribution >= 0.6 is 0 Å². The first-order valence-electron chi connectivity index (χ1n) is 6.25. The SMILES string of the molecule is COCCNCCCNCc1cc(OC)n(C)n1. The molecule has 0 unspecified atom stereocenters. The molecule has 1 aromatic rings. The average molecular weight is 256 g/mol. The van der Waals surface area contributed by atoms with Crippen LogP contribution in [0.2, 0.25) is 0 Å². The normalized spacial score (nSPS) is 10.8. The van der Waals surface area contributed by atoms with Gasteiger partial charge in [0.25, 0.3) is 0 Å². The highest BCUT2D eigenvalue weighted by Gasteiger charge is 2.03. The van der Waals surface area contributed by atoms with Gasteiger partial charge in [0.15, 0.2) is 0 Å². The standard InChI is InChI=1S/C12H24N4O2/c1-16-12(18-3)9-11(15-16)10-14-6-4-5-13-7-8-17-2/h9,13-14H,4-8,10H2,1-3H3. The Labute approximate surface area is 109 Å². The Hall–Kier alpha value is -1.11. The minimum atomic E-state index is 0.765. The Bertz CT molecular complexity index is 328. The molecule has 1 aromatic heterocycles. The van der Waals surface area contributed by atoms with Gasteiger partial charge in [-0.05, 0) is 19.5 Å². The third kappa shape index (κ3) is 5.48. The van der Waals surface area contributed by atoms with Crippen LogP contribution < -0.4 is 15.4 Å². The number of ether oxygens (including phenoxy) is 2. The summed E-state index contributed by atoms with van der Waals surface area (Å²) in [6.07, 6.45) is 1.09. The van der Waals surface area contributed by atoms with E-state index < -0.39 is 0 Å². The molecule has 0 bridgehead atoms. The van der Waals surface area contributed by atoms with E-state index in [1.54, 1.807) is 18.9 Å². The van der Waals surface area contributed by atoms with Crippen molar-refractivity contribution in [1.82, 2.24) is 20.4 Å². The predicted molar refractivity (Wildman–Crippen MR) is 70.8 cm³/mol. The van der Waals surface area contributed by atoms with Gasteiger partial charge in [0.05, 0.1) is 19.4 Å². The van der Waals surface area contributed by atoms with E-state index in [0.29, 0.717) is 0 Å². The lowest BCUT2D eigenvalue weighted by atomic mass is 10.4. The maximum absolute atomic E-state index is 5.16. The lowest BCUT2D eigenvalue weighted by Crippen LogP contribution is -2.24. The summed E-state index contributed by atoms with van der Waals surface area (Å²) in [7, 11) is 5.24. The number of nitrogens with zero attached hydrogens (tertiary/aromatic N) is 2. The van der Waals surface area contributed by atoms with E-state index in [9.17, 15) is 0 Å². The number of hydrogen-bond donors (Lipinski definition) is 2. The van der Waals surface area contributed by atoms with Crippen molar-refractivity contribution in [1.29, 1.82) is 0 Å². The minimum Gasteiger partial charge on any atom is -0.481 e. The summed E-state index contributed by atoms with van der Waals surface area (Å²) >= 11 is 0. The van der Waals surface area contributed by atoms with E-state index in [-0.39, 0.29) is 0 Å². The van der Waals surface area contributed by atoms with Crippen LogP contribution in [0.25, 0.3) is 0 Å². The minimum absolute atomic E-state index is 0.765. The number of methoxy groups -OCH3 is 2. The fourth-order valence-corrected chi connectivity index (χ4v) is 1.64. The van der Waals surface area contributed by atoms with E-state index in [1.165, 1.54) is 0 Å². The van der Waals surface area contributed by atoms with E-state index in [2.05, 4.69) is 15.7 Å². The van der Waals surface area contributed by atoms with E-state index >= 15 is 0 Å². The molecule has 0 aliphatic rings. The molecule has 0 amide bonds. The topological polar surface area (TPSA) is 60.3 Å². The first kappa shape index (κ1) is 14.9. The molecule has 0 saturated carbocycles. The molecule has 104 valence electrons. The molecule has 6 heteroatoms. The number of nitrogens with one attached hydrogen (secondary N) is 2. The molecule has 6 nitrogen and oxygen atoms in total. The van der Waals surface area contributed by atoms with Gasteiger partial charge in [-0.25, -0.2) is 4.68 Å². The highest BCUT2D eigenvalue weighted by Crippen LogP contribution is 2.10. The summed E-state index contributed by atoms with van der Waals surface area (Å²) in [6, 6.07) is 1.95. The number of rotatable bonds is 10. The number of aryl methyl sites for hydroxylation is 1. The third-order valence-corrected chi connectivity index (χ3v) is 2.59. The van der Waals surface area contributed by atoms with Crippen molar-refractivity contribution in [3.05, 3.63) is 11.8 Å². The van der Waals surface area contributed by atoms with Gasteiger partial charge in [-0.1, -0.05) is 0 Å². The highest BCUT2D eigenvalue weighted by atomic mass is 16.5. The number of aromatic nitrogens is 2. The Morgan fingerprint density at radius 2 is 2.00 bits per heavy atom. The Morgan fingerprint density at radius 1 is 1.22 bits per heavy atom. The summed E-state index contributed by atoms with van der Waals surface area (Å²) in [5, 5.41) is 11.0. The van der Waals surface area contributed by atoms with Gasteiger partial charge in [0.1, 0.15) is 0 Å². The fraction of sp³-hybridized carbons (Fsp3) is 0.750. The second kappa shape index (κ2) is 8.91. The van der Waals surface area contributed by atoms with E-state index in [0.717, 1.165) is 50.8 Å². The van der Waals surface area contributed by atoms with Crippen molar-refractivity contribution in [2.75, 3.05) is 40.5 Å². The van der Waals surface area contributed by atoms with Gasteiger partial charge >= 0.3 is 0 Å². The zero-order chi connectivity index (χ0) is 13.2. The molecular weight excluding hydrogens is 232 g/mol. The Kier molecular flexibility index (Phi) is 7.40. The molecule has 0 fully saturated rings. The molecule has 0 atom stereocenters. The fourth-order valence-electron chi connectivity index (χ4n) is 1.64. The van der Waals surface area contributed by atoms with Crippen molar-refractivity contribution >= 4 is 0 Å².